The SMILES string of the molecule is O=C(Nc1ncc2c(n1)CCC(NS(=O)(=O)Cc1ccccc1)C2)Oc1cccs1. The van der Waals surface area contributed by atoms with Crippen LogP contribution < -0.4 is 14.8 Å². The number of sulfonamides is 1. The number of hydrogen-bond donors (Lipinski definition) is 2. The van der Waals surface area contributed by atoms with Crippen molar-refractivity contribution in [3.8, 4) is 5.06 Å². The lowest BCUT2D eigenvalue weighted by Gasteiger charge is -2.24. The van der Waals surface area contributed by atoms with Crippen LogP contribution in [0.15, 0.2) is 54.0 Å². The van der Waals surface area contributed by atoms with Gasteiger partial charge in [0.2, 0.25) is 16.0 Å². The molecule has 10 heteroatoms. The van der Waals surface area contributed by atoms with Crippen LogP contribution in [0.4, 0.5) is 10.7 Å². The highest BCUT2D eigenvalue weighted by Gasteiger charge is 2.25. The van der Waals surface area contributed by atoms with Gasteiger partial charge in [-0.3, -0.25) is 5.32 Å². The van der Waals surface area contributed by atoms with Crippen molar-refractivity contribution in [2.45, 2.75) is 31.1 Å². The van der Waals surface area contributed by atoms with E-state index in [9.17, 15) is 13.2 Å². The van der Waals surface area contributed by atoms with Gasteiger partial charge in [0.15, 0.2) is 5.06 Å². The molecule has 1 atom stereocenters. The number of rotatable bonds is 6. The molecule has 2 aromatic heterocycles. The average Bonchev–Trinajstić information content (AvgIpc) is 3.21. The first-order chi connectivity index (χ1) is 14.5. The summed E-state index contributed by atoms with van der Waals surface area (Å²) in [6.45, 7) is 0. The van der Waals surface area contributed by atoms with Crippen LogP contribution in [-0.4, -0.2) is 30.5 Å². The van der Waals surface area contributed by atoms with Gasteiger partial charge in [-0.2, -0.15) is 0 Å². The van der Waals surface area contributed by atoms with Gasteiger partial charge in [0, 0.05) is 17.9 Å². The minimum absolute atomic E-state index is 0.0527. The number of carbonyl (C=O) groups excluding carboxylic acids is 1. The number of hydrogen-bond acceptors (Lipinski definition) is 7. The normalized spacial score (nSPS) is 15.9. The lowest BCUT2D eigenvalue weighted by atomic mass is 9.94. The van der Waals surface area contributed by atoms with Gasteiger partial charge in [0.05, 0.1) is 5.75 Å². The second kappa shape index (κ2) is 8.90. The first kappa shape index (κ1) is 20.5. The molecule has 1 unspecified atom stereocenters. The van der Waals surface area contributed by atoms with E-state index in [0.717, 1.165) is 16.8 Å². The van der Waals surface area contributed by atoms with Crippen molar-refractivity contribution in [2.75, 3.05) is 5.32 Å². The zero-order valence-corrected chi connectivity index (χ0v) is 17.6. The van der Waals surface area contributed by atoms with Crippen molar-refractivity contribution in [1.29, 1.82) is 0 Å². The van der Waals surface area contributed by atoms with E-state index >= 15 is 0 Å². The smallest absolute Gasteiger partial charge is 0.399 e. The summed E-state index contributed by atoms with van der Waals surface area (Å²) in [6, 6.07) is 12.3. The summed E-state index contributed by atoms with van der Waals surface area (Å²) in [5.41, 5.74) is 2.41. The maximum atomic E-state index is 12.5. The van der Waals surface area contributed by atoms with Crippen molar-refractivity contribution in [2.24, 2.45) is 0 Å². The lowest BCUT2D eigenvalue weighted by molar-refractivity contribution is 0.216. The Bertz CT molecular complexity index is 1120. The Hall–Kier alpha value is -2.82. The number of aryl methyl sites for hydroxylation is 1. The molecule has 0 spiro atoms. The Morgan fingerprint density at radius 1 is 1.20 bits per heavy atom. The largest absolute Gasteiger partial charge is 0.420 e. The Morgan fingerprint density at radius 2 is 2.03 bits per heavy atom. The van der Waals surface area contributed by atoms with E-state index in [1.54, 1.807) is 30.5 Å². The first-order valence-electron chi connectivity index (χ1n) is 9.38. The molecule has 0 radical (unpaired) electrons. The van der Waals surface area contributed by atoms with E-state index in [4.69, 9.17) is 4.74 Å². The van der Waals surface area contributed by atoms with Crippen molar-refractivity contribution < 1.29 is 17.9 Å². The van der Waals surface area contributed by atoms with Gasteiger partial charge in [0.1, 0.15) is 0 Å². The molecule has 8 nitrogen and oxygen atoms in total. The molecular weight excluding hydrogens is 424 g/mol. The van der Waals surface area contributed by atoms with Crippen LogP contribution in [0, 0.1) is 0 Å². The maximum absolute atomic E-state index is 12.5. The molecule has 0 saturated carbocycles. The summed E-state index contributed by atoms with van der Waals surface area (Å²) in [5, 5.41) is 4.81. The van der Waals surface area contributed by atoms with Crippen molar-refractivity contribution in [1.82, 2.24) is 14.7 Å². The van der Waals surface area contributed by atoms with Gasteiger partial charge >= 0.3 is 6.09 Å². The van der Waals surface area contributed by atoms with Crippen LogP contribution in [0.25, 0.3) is 0 Å². The Balaban J connectivity index is 1.35. The molecule has 4 rings (SSSR count). The van der Waals surface area contributed by atoms with Crippen LogP contribution in [0.3, 0.4) is 0 Å². The number of nitrogens with zero attached hydrogens (tertiary/aromatic N) is 2. The van der Waals surface area contributed by atoms with Gasteiger partial charge in [-0.25, -0.2) is 27.9 Å². The summed E-state index contributed by atoms with van der Waals surface area (Å²) in [6.07, 6.45) is 2.69. The number of benzene rings is 1. The molecule has 156 valence electrons. The van der Waals surface area contributed by atoms with Crippen molar-refractivity contribution in [3.63, 3.8) is 0 Å². The number of fused-ring (bicyclic) bond motifs is 1. The van der Waals surface area contributed by atoms with Crippen molar-refractivity contribution in [3.05, 3.63) is 70.9 Å². The second-order valence-corrected chi connectivity index (χ2v) is 9.58. The Morgan fingerprint density at radius 3 is 2.80 bits per heavy atom. The zero-order chi connectivity index (χ0) is 21.0. The molecule has 3 aromatic rings. The van der Waals surface area contributed by atoms with Gasteiger partial charge in [0.25, 0.3) is 0 Å². The summed E-state index contributed by atoms with van der Waals surface area (Å²) in [5.74, 6) is 0.113. The number of ether oxygens (including phenoxy) is 1. The molecule has 1 aliphatic rings. The molecule has 2 heterocycles. The highest BCUT2D eigenvalue weighted by Crippen LogP contribution is 2.22. The summed E-state index contributed by atoms with van der Waals surface area (Å²) in [4.78, 5) is 20.5. The van der Waals surface area contributed by atoms with Crippen LogP contribution in [0.2, 0.25) is 0 Å². The van der Waals surface area contributed by atoms with Gasteiger partial charge < -0.3 is 4.74 Å². The summed E-state index contributed by atoms with van der Waals surface area (Å²) in [7, 11) is -3.45. The molecule has 0 fully saturated rings. The molecule has 0 bridgehead atoms. The average molecular weight is 445 g/mol. The van der Waals surface area contributed by atoms with Gasteiger partial charge in [-0.1, -0.05) is 30.3 Å². The fourth-order valence-corrected chi connectivity index (χ4v) is 5.28. The monoisotopic (exact) mass is 444 g/mol. The minimum Gasteiger partial charge on any atom is -0.399 e. The van der Waals surface area contributed by atoms with Crippen molar-refractivity contribution >= 4 is 33.4 Å². The van der Waals surface area contributed by atoms with E-state index in [1.165, 1.54) is 11.3 Å². The molecule has 1 aromatic carbocycles. The highest BCUT2D eigenvalue weighted by molar-refractivity contribution is 7.88. The summed E-state index contributed by atoms with van der Waals surface area (Å²) < 4.78 is 32.9. The molecule has 2 N–H and O–H groups in total. The van der Waals surface area contributed by atoms with E-state index in [2.05, 4.69) is 20.0 Å². The Kier molecular flexibility index (Phi) is 6.07. The summed E-state index contributed by atoms with van der Waals surface area (Å²) >= 11 is 1.31. The Labute approximate surface area is 178 Å². The first-order valence-corrected chi connectivity index (χ1v) is 11.9. The lowest BCUT2D eigenvalue weighted by Crippen LogP contribution is -2.39. The third-order valence-electron chi connectivity index (χ3n) is 4.60. The van der Waals surface area contributed by atoms with Gasteiger partial charge in [-0.05, 0) is 47.9 Å². The topological polar surface area (TPSA) is 110 Å². The predicted molar refractivity (Wildman–Crippen MR) is 114 cm³/mol. The number of nitrogens with one attached hydrogen (secondary N) is 2. The van der Waals surface area contributed by atoms with E-state index in [1.807, 2.05) is 23.6 Å². The molecule has 30 heavy (non-hydrogen) atoms. The third kappa shape index (κ3) is 5.41. The van der Waals surface area contributed by atoms with E-state index in [0.29, 0.717) is 24.3 Å². The fraction of sp³-hybridized carbons (Fsp3) is 0.250. The maximum Gasteiger partial charge on any atom is 0.420 e. The van der Waals surface area contributed by atoms with E-state index < -0.39 is 16.1 Å². The third-order valence-corrected chi connectivity index (χ3v) is 6.75. The predicted octanol–water partition coefficient (Wildman–Crippen LogP) is 3.13. The number of carbonyl (C=O) groups is 1. The number of thiophene rings is 1. The highest BCUT2D eigenvalue weighted by atomic mass is 32.2. The quantitative estimate of drug-likeness (QED) is 0.604. The minimum atomic E-state index is -3.45. The molecule has 1 aliphatic carbocycles. The van der Waals surface area contributed by atoms with Crippen LogP contribution >= 0.6 is 11.3 Å². The molecule has 0 saturated heterocycles. The molecular formula is C20H20N4O4S2. The van der Waals surface area contributed by atoms with Gasteiger partial charge in [-0.15, -0.1) is 11.3 Å². The number of anilines is 1. The van der Waals surface area contributed by atoms with Crippen LogP contribution in [-0.2, 0) is 28.6 Å². The van der Waals surface area contributed by atoms with Crippen LogP contribution in [0.5, 0.6) is 5.06 Å². The van der Waals surface area contributed by atoms with Crippen LogP contribution in [0.1, 0.15) is 23.2 Å². The standard InChI is InChI=1S/C20H20N4O4S2/c25-20(28-18-7-4-10-29-18)23-19-21-12-15-11-16(8-9-17(15)22-19)24-30(26,27)13-14-5-2-1-3-6-14/h1-7,10,12,16,24H,8-9,11,13H2,(H,21,22,23,25). The molecule has 0 aliphatic heterocycles. The fourth-order valence-electron chi connectivity index (χ4n) is 3.29. The van der Waals surface area contributed by atoms with E-state index in [-0.39, 0.29) is 17.7 Å². The molecule has 1 amide bonds. The zero-order valence-electron chi connectivity index (χ0n) is 15.9. The second-order valence-electron chi connectivity index (χ2n) is 6.91. The number of amides is 1. The number of aromatic nitrogens is 2.